The summed E-state index contributed by atoms with van der Waals surface area (Å²) < 4.78 is 11.4. The van der Waals surface area contributed by atoms with Gasteiger partial charge in [-0.05, 0) is 67.3 Å². The van der Waals surface area contributed by atoms with Crippen LogP contribution in [0.5, 0.6) is 11.5 Å². The van der Waals surface area contributed by atoms with Crippen molar-refractivity contribution >= 4 is 23.5 Å². The Hall–Kier alpha value is -3.55. The summed E-state index contributed by atoms with van der Waals surface area (Å²) in [6.07, 6.45) is 1.66. The predicted molar refractivity (Wildman–Crippen MR) is 153 cm³/mol. The normalized spacial score (nSPS) is 11.7. The van der Waals surface area contributed by atoms with Gasteiger partial charge in [-0.3, -0.25) is 14.5 Å². The van der Waals surface area contributed by atoms with Crippen LogP contribution < -0.4 is 14.8 Å². The predicted octanol–water partition coefficient (Wildman–Crippen LogP) is 5.90. The zero-order valence-electron chi connectivity index (χ0n) is 22.6. The molecule has 0 radical (unpaired) electrons. The van der Waals surface area contributed by atoms with Crippen LogP contribution in [0.1, 0.15) is 48.9 Å². The van der Waals surface area contributed by atoms with Gasteiger partial charge in [0.05, 0.1) is 13.5 Å². The van der Waals surface area contributed by atoms with Gasteiger partial charge in [-0.1, -0.05) is 60.1 Å². The molecule has 7 nitrogen and oxygen atoms in total. The molecule has 3 aromatic rings. The van der Waals surface area contributed by atoms with E-state index in [9.17, 15) is 9.59 Å². The molecule has 39 heavy (non-hydrogen) atoms. The fourth-order valence-electron chi connectivity index (χ4n) is 4.32. The van der Waals surface area contributed by atoms with E-state index in [-0.39, 0.29) is 24.8 Å². The molecule has 3 aromatic carbocycles. The average Bonchev–Trinajstić information content (AvgIpc) is 2.94. The molecule has 0 unspecified atom stereocenters. The number of rotatable bonds is 16. The molecule has 8 heteroatoms. The van der Waals surface area contributed by atoms with E-state index in [4.69, 9.17) is 26.2 Å². The minimum Gasteiger partial charge on any atom is -0.493 e. The lowest BCUT2D eigenvalue weighted by molar-refractivity contribution is -0.137. The lowest BCUT2D eigenvalue weighted by Crippen LogP contribution is -2.33. The monoisotopic (exact) mass is 552 g/mol. The van der Waals surface area contributed by atoms with Crippen LogP contribution in [0.25, 0.3) is 0 Å². The van der Waals surface area contributed by atoms with Gasteiger partial charge < -0.3 is 19.9 Å². The van der Waals surface area contributed by atoms with Crippen molar-refractivity contribution in [3.63, 3.8) is 0 Å². The Bertz CT molecular complexity index is 1190. The highest BCUT2D eigenvalue weighted by Crippen LogP contribution is 2.29. The lowest BCUT2D eigenvalue weighted by Gasteiger charge is -2.29. The second-order valence-electron chi connectivity index (χ2n) is 9.40. The summed E-state index contributed by atoms with van der Waals surface area (Å²) in [7, 11) is 1.59. The second kappa shape index (κ2) is 15.8. The van der Waals surface area contributed by atoms with Gasteiger partial charge in [0.15, 0.2) is 11.5 Å². The van der Waals surface area contributed by atoms with Crippen molar-refractivity contribution in [1.29, 1.82) is 0 Å². The molecule has 2 N–H and O–H groups in total. The maximum Gasteiger partial charge on any atom is 0.303 e. The Kier molecular flexibility index (Phi) is 12.1. The summed E-state index contributed by atoms with van der Waals surface area (Å²) in [6, 6.07) is 23.2. The van der Waals surface area contributed by atoms with E-state index in [0.717, 1.165) is 29.7 Å². The summed E-state index contributed by atoms with van der Waals surface area (Å²) in [4.78, 5) is 25.9. The summed E-state index contributed by atoms with van der Waals surface area (Å²) in [5.41, 5.74) is 3.01. The number of carboxylic acids is 1. The standard InChI is InChI=1S/C31H37ClN2O5/c1-23(26-12-14-27(32)15-13-26)34(18-6-10-31(36)37)19-7-17-33-30(35)21-25-11-16-28(29(20-25)38-2)39-22-24-8-4-3-5-9-24/h3-5,8-9,11-16,20,23H,6-7,10,17-19,21-22H2,1-2H3,(H,33,35)(H,36,37)/t23-/m0/s1. The molecule has 0 aliphatic rings. The quantitative estimate of drug-likeness (QED) is 0.215. The first-order chi connectivity index (χ1) is 18.9. The zero-order valence-corrected chi connectivity index (χ0v) is 23.3. The van der Waals surface area contributed by atoms with Gasteiger partial charge in [0.25, 0.3) is 0 Å². The first-order valence-electron chi connectivity index (χ1n) is 13.2. The number of methoxy groups -OCH3 is 1. The number of carbonyl (C=O) groups excluding carboxylic acids is 1. The second-order valence-corrected chi connectivity index (χ2v) is 9.84. The van der Waals surface area contributed by atoms with Crippen molar-refractivity contribution < 1.29 is 24.2 Å². The number of benzene rings is 3. The molecule has 1 atom stereocenters. The van der Waals surface area contributed by atoms with Gasteiger partial charge >= 0.3 is 5.97 Å². The van der Waals surface area contributed by atoms with Crippen LogP contribution in [0.15, 0.2) is 72.8 Å². The van der Waals surface area contributed by atoms with Gasteiger partial charge in [-0.15, -0.1) is 0 Å². The Morgan fingerprint density at radius 1 is 0.949 bits per heavy atom. The van der Waals surface area contributed by atoms with Crippen LogP contribution in [-0.2, 0) is 22.6 Å². The maximum absolute atomic E-state index is 12.6. The number of amides is 1. The van der Waals surface area contributed by atoms with Crippen LogP contribution in [0.4, 0.5) is 0 Å². The van der Waals surface area contributed by atoms with Crippen molar-refractivity contribution in [2.75, 3.05) is 26.7 Å². The molecule has 0 aromatic heterocycles. The fourth-order valence-corrected chi connectivity index (χ4v) is 4.44. The van der Waals surface area contributed by atoms with Crippen molar-refractivity contribution in [3.8, 4) is 11.5 Å². The molecular weight excluding hydrogens is 516 g/mol. The highest BCUT2D eigenvalue weighted by molar-refractivity contribution is 6.30. The maximum atomic E-state index is 12.6. The molecule has 0 saturated heterocycles. The van der Waals surface area contributed by atoms with E-state index in [2.05, 4.69) is 17.1 Å². The van der Waals surface area contributed by atoms with Gasteiger partial charge in [0.1, 0.15) is 6.61 Å². The molecule has 3 rings (SSSR count). The van der Waals surface area contributed by atoms with E-state index < -0.39 is 5.97 Å². The highest BCUT2D eigenvalue weighted by Gasteiger charge is 2.16. The zero-order chi connectivity index (χ0) is 28.0. The smallest absolute Gasteiger partial charge is 0.303 e. The van der Waals surface area contributed by atoms with Crippen molar-refractivity contribution in [2.45, 2.75) is 45.3 Å². The van der Waals surface area contributed by atoms with Gasteiger partial charge in [0.2, 0.25) is 5.91 Å². The number of aliphatic carboxylic acids is 1. The van der Waals surface area contributed by atoms with Crippen LogP contribution in [0.3, 0.4) is 0 Å². The minimum atomic E-state index is -0.797. The highest BCUT2D eigenvalue weighted by atomic mass is 35.5. The first-order valence-corrected chi connectivity index (χ1v) is 13.5. The Balaban J connectivity index is 1.48. The first kappa shape index (κ1) is 30.0. The lowest BCUT2D eigenvalue weighted by atomic mass is 10.1. The van der Waals surface area contributed by atoms with Crippen molar-refractivity contribution in [3.05, 3.63) is 94.5 Å². The van der Waals surface area contributed by atoms with Crippen molar-refractivity contribution in [2.24, 2.45) is 0 Å². The van der Waals surface area contributed by atoms with Gasteiger partial charge in [-0.2, -0.15) is 0 Å². The van der Waals surface area contributed by atoms with Crippen LogP contribution in [-0.4, -0.2) is 48.6 Å². The third-order valence-electron chi connectivity index (χ3n) is 6.51. The largest absolute Gasteiger partial charge is 0.493 e. The van der Waals surface area contributed by atoms with Gasteiger partial charge in [-0.25, -0.2) is 0 Å². The van der Waals surface area contributed by atoms with Gasteiger partial charge in [0, 0.05) is 30.6 Å². The minimum absolute atomic E-state index is 0.0711. The van der Waals surface area contributed by atoms with E-state index in [1.807, 2.05) is 72.8 Å². The Morgan fingerprint density at radius 3 is 2.36 bits per heavy atom. The Morgan fingerprint density at radius 2 is 1.67 bits per heavy atom. The molecule has 208 valence electrons. The number of ether oxygens (including phenoxy) is 2. The fraction of sp³-hybridized carbons (Fsp3) is 0.355. The third-order valence-corrected chi connectivity index (χ3v) is 6.76. The van der Waals surface area contributed by atoms with E-state index in [1.54, 1.807) is 7.11 Å². The van der Waals surface area contributed by atoms with Crippen LogP contribution >= 0.6 is 11.6 Å². The number of hydrogen-bond acceptors (Lipinski definition) is 5. The third kappa shape index (κ3) is 10.3. The molecule has 0 bridgehead atoms. The summed E-state index contributed by atoms with van der Waals surface area (Å²) in [6.45, 7) is 4.44. The average molecular weight is 553 g/mol. The number of hydrogen-bond donors (Lipinski definition) is 2. The summed E-state index contributed by atoms with van der Waals surface area (Å²) in [5, 5.41) is 12.7. The molecule has 0 aliphatic heterocycles. The topological polar surface area (TPSA) is 88.1 Å². The van der Waals surface area contributed by atoms with E-state index >= 15 is 0 Å². The molecule has 0 heterocycles. The molecular formula is C31H37ClN2O5. The summed E-state index contributed by atoms with van der Waals surface area (Å²) in [5.74, 6) is 0.347. The number of halogens is 1. The molecule has 0 fully saturated rings. The number of carboxylic acid groups (broad SMARTS) is 1. The van der Waals surface area contributed by atoms with Crippen molar-refractivity contribution in [1.82, 2.24) is 10.2 Å². The Labute approximate surface area is 235 Å². The number of carbonyl (C=O) groups is 2. The number of nitrogens with one attached hydrogen (secondary N) is 1. The molecule has 0 aliphatic carbocycles. The van der Waals surface area contributed by atoms with Crippen LogP contribution in [0.2, 0.25) is 5.02 Å². The SMILES string of the molecule is COc1cc(CC(=O)NCCCN(CCCC(=O)O)[C@@H](C)c2ccc(Cl)cc2)ccc1OCc1ccccc1. The van der Waals surface area contributed by atoms with Crippen LogP contribution in [0, 0.1) is 0 Å². The molecule has 1 amide bonds. The van der Waals surface area contributed by atoms with E-state index in [1.165, 1.54) is 0 Å². The number of nitrogens with zero attached hydrogens (tertiary/aromatic N) is 1. The molecule has 0 saturated carbocycles. The summed E-state index contributed by atoms with van der Waals surface area (Å²) >= 11 is 6.03. The van der Waals surface area contributed by atoms with E-state index in [0.29, 0.717) is 42.6 Å². The molecule has 0 spiro atoms.